The van der Waals surface area contributed by atoms with Crippen LogP contribution in [0.15, 0.2) is 0 Å². The van der Waals surface area contributed by atoms with Gasteiger partial charge in [0.05, 0.1) is 6.61 Å². The van der Waals surface area contributed by atoms with Gasteiger partial charge in [-0.05, 0) is 57.7 Å². The van der Waals surface area contributed by atoms with E-state index in [1.807, 2.05) is 0 Å². The molecule has 2 heterocycles. The smallest absolute Gasteiger partial charge is 0.134 e. The second-order valence-corrected chi connectivity index (χ2v) is 6.31. The Hall–Kier alpha value is -1.00. The van der Waals surface area contributed by atoms with Crippen LogP contribution < -0.4 is 5.32 Å². The summed E-state index contributed by atoms with van der Waals surface area (Å²) >= 11 is 0. The van der Waals surface area contributed by atoms with Crippen LogP contribution in [0.25, 0.3) is 0 Å². The van der Waals surface area contributed by atoms with Crippen LogP contribution in [-0.4, -0.2) is 36.3 Å². The number of nitrogens with zero attached hydrogens (tertiary/aromatic N) is 2. The lowest BCUT2D eigenvalue weighted by molar-refractivity contribution is 0.193. The highest BCUT2D eigenvalue weighted by atomic mass is 16.5. The molecule has 4 heteroatoms. The van der Waals surface area contributed by atoms with Crippen molar-refractivity contribution in [2.24, 2.45) is 5.92 Å². The SMILES string of the molecule is CCCNCC(C)Cc1c(C)nc(C2CCOC2)nc1C. The van der Waals surface area contributed by atoms with Crippen molar-refractivity contribution in [1.29, 1.82) is 0 Å². The van der Waals surface area contributed by atoms with E-state index in [2.05, 4.69) is 33.0 Å². The Kier molecular flexibility index (Phi) is 6.12. The third-order valence-corrected chi connectivity index (χ3v) is 4.20. The number of hydrogen-bond donors (Lipinski definition) is 1. The van der Waals surface area contributed by atoms with Gasteiger partial charge in [0.2, 0.25) is 0 Å². The van der Waals surface area contributed by atoms with E-state index in [0.717, 1.165) is 56.4 Å². The van der Waals surface area contributed by atoms with E-state index >= 15 is 0 Å². The van der Waals surface area contributed by atoms with Crippen molar-refractivity contribution in [2.75, 3.05) is 26.3 Å². The Morgan fingerprint density at radius 3 is 2.57 bits per heavy atom. The predicted octanol–water partition coefficient (Wildman–Crippen LogP) is 2.78. The summed E-state index contributed by atoms with van der Waals surface area (Å²) in [6.07, 6.45) is 3.29. The van der Waals surface area contributed by atoms with Gasteiger partial charge in [0.1, 0.15) is 5.82 Å². The van der Waals surface area contributed by atoms with E-state index in [1.54, 1.807) is 0 Å². The van der Waals surface area contributed by atoms with Crippen molar-refractivity contribution in [3.63, 3.8) is 0 Å². The molecular weight excluding hydrogens is 262 g/mol. The van der Waals surface area contributed by atoms with Crippen LogP contribution in [0.4, 0.5) is 0 Å². The van der Waals surface area contributed by atoms with E-state index in [1.165, 1.54) is 12.0 Å². The third kappa shape index (κ3) is 4.48. The van der Waals surface area contributed by atoms with Crippen molar-refractivity contribution >= 4 is 0 Å². The van der Waals surface area contributed by atoms with Crippen LogP contribution in [0.1, 0.15) is 55.4 Å². The zero-order valence-corrected chi connectivity index (χ0v) is 13.9. The summed E-state index contributed by atoms with van der Waals surface area (Å²) in [4.78, 5) is 9.51. The fourth-order valence-electron chi connectivity index (χ4n) is 2.93. The van der Waals surface area contributed by atoms with Gasteiger partial charge < -0.3 is 10.1 Å². The molecule has 1 saturated heterocycles. The highest BCUT2D eigenvalue weighted by molar-refractivity contribution is 5.26. The fraction of sp³-hybridized carbons (Fsp3) is 0.765. The molecule has 21 heavy (non-hydrogen) atoms. The Morgan fingerprint density at radius 1 is 1.29 bits per heavy atom. The van der Waals surface area contributed by atoms with E-state index in [0.29, 0.717) is 11.8 Å². The summed E-state index contributed by atoms with van der Waals surface area (Å²) in [6, 6.07) is 0. The van der Waals surface area contributed by atoms with Gasteiger partial charge in [-0.2, -0.15) is 0 Å². The molecule has 2 rings (SSSR count). The Bertz CT molecular complexity index is 432. The number of aryl methyl sites for hydroxylation is 2. The van der Waals surface area contributed by atoms with E-state index in [-0.39, 0.29) is 0 Å². The fourth-order valence-corrected chi connectivity index (χ4v) is 2.93. The molecule has 1 aliphatic rings. The lowest BCUT2D eigenvalue weighted by Crippen LogP contribution is -2.24. The number of aromatic nitrogens is 2. The molecule has 1 aromatic heterocycles. The van der Waals surface area contributed by atoms with Crippen molar-refractivity contribution in [3.8, 4) is 0 Å². The number of hydrogen-bond acceptors (Lipinski definition) is 4. The molecule has 0 bridgehead atoms. The first-order valence-electron chi connectivity index (χ1n) is 8.24. The maximum atomic E-state index is 5.45. The van der Waals surface area contributed by atoms with Crippen LogP contribution in [-0.2, 0) is 11.2 Å². The zero-order valence-electron chi connectivity index (χ0n) is 13.9. The summed E-state index contributed by atoms with van der Waals surface area (Å²) < 4.78 is 5.45. The molecule has 1 aromatic rings. The average Bonchev–Trinajstić information content (AvgIpc) is 2.97. The van der Waals surface area contributed by atoms with Gasteiger partial charge in [-0.3, -0.25) is 0 Å². The summed E-state index contributed by atoms with van der Waals surface area (Å²) in [5.41, 5.74) is 3.61. The molecule has 0 aliphatic carbocycles. The molecule has 0 amide bonds. The lowest BCUT2D eigenvalue weighted by atomic mass is 9.98. The Balaban J connectivity index is 2.02. The maximum Gasteiger partial charge on any atom is 0.134 e. The largest absolute Gasteiger partial charge is 0.381 e. The number of nitrogens with one attached hydrogen (secondary N) is 1. The molecule has 2 unspecified atom stereocenters. The molecule has 0 spiro atoms. The lowest BCUT2D eigenvalue weighted by Gasteiger charge is -2.17. The monoisotopic (exact) mass is 291 g/mol. The molecule has 0 radical (unpaired) electrons. The minimum absolute atomic E-state index is 0.389. The van der Waals surface area contributed by atoms with Crippen molar-refractivity contribution in [3.05, 3.63) is 22.8 Å². The highest BCUT2D eigenvalue weighted by Gasteiger charge is 2.22. The van der Waals surface area contributed by atoms with Crippen LogP contribution in [0.3, 0.4) is 0 Å². The molecule has 0 saturated carbocycles. The van der Waals surface area contributed by atoms with E-state index in [9.17, 15) is 0 Å². The normalized spacial score (nSPS) is 19.9. The average molecular weight is 291 g/mol. The topological polar surface area (TPSA) is 47.0 Å². The number of ether oxygens (including phenoxy) is 1. The molecule has 1 fully saturated rings. The van der Waals surface area contributed by atoms with Crippen LogP contribution in [0, 0.1) is 19.8 Å². The third-order valence-electron chi connectivity index (χ3n) is 4.20. The van der Waals surface area contributed by atoms with E-state index in [4.69, 9.17) is 14.7 Å². The highest BCUT2D eigenvalue weighted by Crippen LogP contribution is 2.24. The molecule has 4 nitrogen and oxygen atoms in total. The number of rotatable bonds is 7. The minimum atomic E-state index is 0.389. The minimum Gasteiger partial charge on any atom is -0.381 e. The molecule has 2 atom stereocenters. The Morgan fingerprint density at radius 2 is 2.00 bits per heavy atom. The van der Waals surface area contributed by atoms with E-state index < -0.39 is 0 Å². The molecule has 118 valence electrons. The van der Waals surface area contributed by atoms with Gasteiger partial charge in [-0.25, -0.2) is 9.97 Å². The molecule has 1 N–H and O–H groups in total. The second kappa shape index (κ2) is 7.85. The first kappa shape index (κ1) is 16.4. The van der Waals surface area contributed by atoms with Gasteiger partial charge in [-0.15, -0.1) is 0 Å². The molecule has 1 aliphatic heterocycles. The van der Waals surface area contributed by atoms with Crippen molar-refractivity contribution in [1.82, 2.24) is 15.3 Å². The van der Waals surface area contributed by atoms with Gasteiger partial charge in [-0.1, -0.05) is 13.8 Å². The van der Waals surface area contributed by atoms with Gasteiger partial charge in [0, 0.05) is 23.9 Å². The summed E-state index contributed by atoms with van der Waals surface area (Å²) in [6.45, 7) is 12.5. The van der Waals surface area contributed by atoms with Crippen LogP contribution >= 0.6 is 0 Å². The summed E-state index contributed by atoms with van der Waals surface area (Å²) in [5.74, 6) is 1.97. The first-order chi connectivity index (χ1) is 10.1. The summed E-state index contributed by atoms with van der Waals surface area (Å²) in [5, 5.41) is 3.49. The van der Waals surface area contributed by atoms with Gasteiger partial charge in [0.15, 0.2) is 0 Å². The maximum absolute atomic E-state index is 5.45. The van der Waals surface area contributed by atoms with Crippen molar-refractivity contribution < 1.29 is 4.74 Å². The molecule has 0 aromatic carbocycles. The van der Waals surface area contributed by atoms with Gasteiger partial charge in [0.25, 0.3) is 0 Å². The Labute approximate surface area is 128 Å². The van der Waals surface area contributed by atoms with Crippen LogP contribution in [0.5, 0.6) is 0 Å². The second-order valence-electron chi connectivity index (χ2n) is 6.31. The van der Waals surface area contributed by atoms with Crippen LogP contribution in [0.2, 0.25) is 0 Å². The predicted molar refractivity (Wildman–Crippen MR) is 85.7 cm³/mol. The molecular formula is C17H29N3O. The quantitative estimate of drug-likeness (QED) is 0.785. The van der Waals surface area contributed by atoms with Crippen molar-refractivity contribution in [2.45, 2.75) is 52.9 Å². The first-order valence-corrected chi connectivity index (χ1v) is 8.24. The standard InChI is InChI=1S/C17H29N3O/c1-5-7-18-10-12(2)9-16-13(3)19-17(20-14(16)4)15-6-8-21-11-15/h12,15,18H,5-11H2,1-4H3. The van der Waals surface area contributed by atoms with Gasteiger partial charge >= 0.3 is 0 Å². The summed E-state index contributed by atoms with van der Waals surface area (Å²) in [7, 11) is 0. The zero-order chi connectivity index (χ0) is 15.2.